The third-order valence-electron chi connectivity index (χ3n) is 3.08. The Morgan fingerprint density at radius 1 is 1.47 bits per heavy atom. The van der Waals surface area contributed by atoms with E-state index in [-0.39, 0.29) is 18.4 Å². The SMILES string of the molecule is COCC(C)C(CC(=O)O)N1CCCC1. The summed E-state index contributed by atoms with van der Waals surface area (Å²) in [5.41, 5.74) is 0. The second-order valence-electron chi connectivity index (χ2n) is 4.34. The maximum absolute atomic E-state index is 10.8. The molecule has 0 aromatic carbocycles. The summed E-state index contributed by atoms with van der Waals surface area (Å²) in [4.78, 5) is 13.1. The fourth-order valence-electron chi connectivity index (χ4n) is 2.32. The van der Waals surface area contributed by atoms with Crippen LogP contribution in [0.3, 0.4) is 0 Å². The van der Waals surface area contributed by atoms with Crippen LogP contribution >= 0.6 is 0 Å². The zero-order valence-corrected chi connectivity index (χ0v) is 9.61. The van der Waals surface area contributed by atoms with Gasteiger partial charge in [-0.1, -0.05) is 6.92 Å². The molecular formula is C11H21NO3. The van der Waals surface area contributed by atoms with Crippen LogP contribution in [0.4, 0.5) is 0 Å². The van der Waals surface area contributed by atoms with E-state index in [0.717, 1.165) is 13.1 Å². The molecule has 1 N–H and O–H groups in total. The average Bonchev–Trinajstić information content (AvgIpc) is 2.66. The quantitative estimate of drug-likeness (QED) is 0.723. The van der Waals surface area contributed by atoms with Crippen LogP contribution < -0.4 is 0 Å². The molecule has 4 heteroatoms. The van der Waals surface area contributed by atoms with Crippen molar-refractivity contribution in [2.45, 2.75) is 32.2 Å². The molecule has 0 saturated carbocycles. The van der Waals surface area contributed by atoms with Crippen molar-refractivity contribution >= 4 is 5.97 Å². The van der Waals surface area contributed by atoms with E-state index in [4.69, 9.17) is 9.84 Å². The largest absolute Gasteiger partial charge is 0.481 e. The van der Waals surface area contributed by atoms with Crippen molar-refractivity contribution in [2.24, 2.45) is 5.92 Å². The first-order valence-electron chi connectivity index (χ1n) is 5.60. The fourth-order valence-corrected chi connectivity index (χ4v) is 2.32. The normalized spacial score (nSPS) is 21.5. The van der Waals surface area contributed by atoms with Crippen molar-refractivity contribution in [3.05, 3.63) is 0 Å². The smallest absolute Gasteiger partial charge is 0.304 e. The first-order chi connectivity index (χ1) is 7.15. The maximum Gasteiger partial charge on any atom is 0.304 e. The predicted molar refractivity (Wildman–Crippen MR) is 57.9 cm³/mol. The van der Waals surface area contributed by atoms with Crippen molar-refractivity contribution in [3.8, 4) is 0 Å². The Morgan fingerprint density at radius 2 is 2.07 bits per heavy atom. The van der Waals surface area contributed by atoms with Crippen LogP contribution in [0, 0.1) is 5.92 Å². The molecule has 0 amide bonds. The summed E-state index contributed by atoms with van der Waals surface area (Å²) < 4.78 is 5.11. The van der Waals surface area contributed by atoms with Gasteiger partial charge in [0.2, 0.25) is 0 Å². The van der Waals surface area contributed by atoms with Crippen molar-refractivity contribution in [1.29, 1.82) is 0 Å². The van der Waals surface area contributed by atoms with E-state index >= 15 is 0 Å². The zero-order chi connectivity index (χ0) is 11.3. The van der Waals surface area contributed by atoms with E-state index in [1.54, 1.807) is 7.11 Å². The molecule has 1 aliphatic rings. The molecular weight excluding hydrogens is 194 g/mol. The molecule has 0 radical (unpaired) electrons. The number of aliphatic carboxylic acids is 1. The molecule has 0 aromatic heterocycles. The second-order valence-corrected chi connectivity index (χ2v) is 4.34. The topological polar surface area (TPSA) is 49.8 Å². The molecule has 1 rings (SSSR count). The molecule has 0 aromatic rings. The number of carboxylic acid groups (broad SMARTS) is 1. The van der Waals surface area contributed by atoms with Gasteiger partial charge in [-0.3, -0.25) is 9.69 Å². The summed E-state index contributed by atoms with van der Waals surface area (Å²) in [5, 5.41) is 8.89. The van der Waals surface area contributed by atoms with Gasteiger partial charge in [-0.05, 0) is 31.8 Å². The van der Waals surface area contributed by atoms with Crippen LogP contribution in [-0.2, 0) is 9.53 Å². The molecule has 2 atom stereocenters. The van der Waals surface area contributed by atoms with Crippen LogP contribution in [0.5, 0.6) is 0 Å². The van der Waals surface area contributed by atoms with Crippen LogP contribution in [0.15, 0.2) is 0 Å². The molecule has 1 aliphatic heterocycles. The second kappa shape index (κ2) is 6.08. The Hall–Kier alpha value is -0.610. The Kier molecular flexibility index (Phi) is 5.05. The van der Waals surface area contributed by atoms with Crippen LogP contribution in [0.25, 0.3) is 0 Å². The number of methoxy groups -OCH3 is 1. The number of hydrogen-bond donors (Lipinski definition) is 1. The minimum absolute atomic E-state index is 0.130. The lowest BCUT2D eigenvalue weighted by Gasteiger charge is -2.31. The predicted octanol–water partition coefficient (Wildman–Crippen LogP) is 1.21. The molecule has 1 saturated heterocycles. The Labute approximate surface area is 91.2 Å². The van der Waals surface area contributed by atoms with Gasteiger partial charge in [0.1, 0.15) is 0 Å². The molecule has 0 aliphatic carbocycles. The summed E-state index contributed by atoms with van der Waals surface area (Å²) in [6.45, 7) is 4.77. The van der Waals surface area contributed by atoms with Gasteiger partial charge in [0.05, 0.1) is 13.0 Å². The average molecular weight is 215 g/mol. The molecule has 88 valence electrons. The first kappa shape index (κ1) is 12.5. The Bertz CT molecular complexity index is 202. The van der Waals surface area contributed by atoms with Gasteiger partial charge in [0.15, 0.2) is 0 Å². The highest BCUT2D eigenvalue weighted by Gasteiger charge is 2.28. The van der Waals surface area contributed by atoms with Gasteiger partial charge >= 0.3 is 5.97 Å². The Morgan fingerprint density at radius 3 is 2.53 bits per heavy atom. The molecule has 0 bridgehead atoms. The monoisotopic (exact) mass is 215 g/mol. The van der Waals surface area contributed by atoms with Gasteiger partial charge in [0.25, 0.3) is 0 Å². The number of ether oxygens (including phenoxy) is 1. The van der Waals surface area contributed by atoms with Gasteiger partial charge in [-0.25, -0.2) is 0 Å². The van der Waals surface area contributed by atoms with Gasteiger partial charge in [0, 0.05) is 13.2 Å². The summed E-state index contributed by atoms with van der Waals surface area (Å²) in [6, 6.07) is 0.130. The molecule has 2 unspecified atom stereocenters. The van der Waals surface area contributed by atoms with E-state index in [1.807, 2.05) is 0 Å². The lowest BCUT2D eigenvalue weighted by atomic mass is 9.98. The number of likely N-dealkylation sites (tertiary alicyclic amines) is 1. The van der Waals surface area contributed by atoms with Gasteiger partial charge < -0.3 is 9.84 Å². The zero-order valence-electron chi connectivity index (χ0n) is 9.61. The lowest BCUT2D eigenvalue weighted by Crippen LogP contribution is -2.41. The van der Waals surface area contributed by atoms with Gasteiger partial charge in [-0.15, -0.1) is 0 Å². The summed E-state index contributed by atoms with van der Waals surface area (Å²) >= 11 is 0. The number of carbonyl (C=O) groups is 1. The van der Waals surface area contributed by atoms with E-state index in [2.05, 4.69) is 11.8 Å². The van der Waals surface area contributed by atoms with Crippen molar-refractivity contribution in [1.82, 2.24) is 4.90 Å². The molecule has 0 spiro atoms. The highest BCUT2D eigenvalue weighted by Crippen LogP contribution is 2.20. The summed E-state index contributed by atoms with van der Waals surface area (Å²) in [6.07, 6.45) is 2.61. The highest BCUT2D eigenvalue weighted by atomic mass is 16.5. The highest BCUT2D eigenvalue weighted by molar-refractivity contribution is 5.67. The van der Waals surface area contributed by atoms with Crippen molar-refractivity contribution in [3.63, 3.8) is 0 Å². The van der Waals surface area contributed by atoms with Crippen molar-refractivity contribution < 1.29 is 14.6 Å². The minimum Gasteiger partial charge on any atom is -0.481 e. The Balaban J connectivity index is 2.54. The number of nitrogens with zero attached hydrogens (tertiary/aromatic N) is 1. The third-order valence-corrected chi connectivity index (χ3v) is 3.08. The van der Waals surface area contributed by atoms with E-state index < -0.39 is 5.97 Å². The van der Waals surface area contributed by atoms with Crippen LogP contribution in [0.2, 0.25) is 0 Å². The first-order valence-corrected chi connectivity index (χ1v) is 5.60. The number of hydrogen-bond acceptors (Lipinski definition) is 3. The molecule has 1 fully saturated rings. The standard InChI is InChI=1S/C11H21NO3/c1-9(8-15-2)10(7-11(13)14)12-5-3-4-6-12/h9-10H,3-8H2,1-2H3,(H,13,14). The summed E-state index contributed by atoms with van der Waals surface area (Å²) in [7, 11) is 1.66. The fraction of sp³-hybridized carbons (Fsp3) is 0.909. The maximum atomic E-state index is 10.8. The molecule has 4 nitrogen and oxygen atoms in total. The van der Waals surface area contributed by atoms with Crippen molar-refractivity contribution in [2.75, 3.05) is 26.8 Å². The van der Waals surface area contributed by atoms with Gasteiger partial charge in [-0.2, -0.15) is 0 Å². The number of carboxylic acids is 1. The van der Waals surface area contributed by atoms with Crippen LogP contribution in [-0.4, -0.2) is 48.8 Å². The van der Waals surface area contributed by atoms with E-state index in [9.17, 15) is 4.79 Å². The molecule has 1 heterocycles. The lowest BCUT2D eigenvalue weighted by molar-refractivity contribution is -0.139. The van der Waals surface area contributed by atoms with E-state index in [0.29, 0.717) is 6.61 Å². The van der Waals surface area contributed by atoms with Crippen LogP contribution in [0.1, 0.15) is 26.2 Å². The third kappa shape index (κ3) is 3.80. The minimum atomic E-state index is -0.713. The number of rotatable bonds is 6. The van der Waals surface area contributed by atoms with E-state index in [1.165, 1.54) is 12.8 Å². The molecule has 15 heavy (non-hydrogen) atoms. The summed E-state index contributed by atoms with van der Waals surface area (Å²) in [5.74, 6) is -0.431.